The molecule has 2 aromatic carbocycles. The van der Waals surface area contributed by atoms with Crippen LogP contribution in [0.25, 0.3) is 10.9 Å². The van der Waals surface area contributed by atoms with E-state index in [1.807, 2.05) is 56.6 Å². The number of nitrogens with zero attached hydrogens (tertiary/aromatic N) is 2. The van der Waals surface area contributed by atoms with Gasteiger partial charge in [-0.15, -0.1) is 0 Å². The summed E-state index contributed by atoms with van der Waals surface area (Å²) in [5.41, 5.74) is 4.55. The topological polar surface area (TPSA) is 54.5 Å². The lowest BCUT2D eigenvalue weighted by molar-refractivity contribution is -0.139. The van der Waals surface area contributed by atoms with E-state index in [0.717, 1.165) is 28.0 Å². The van der Waals surface area contributed by atoms with Crippen molar-refractivity contribution < 1.29 is 9.53 Å². The number of aromatic nitrogens is 1. The zero-order valence-corrected chi connectivity index (χ0v) is 14.6. The number of pyridine rings is 1. The number of carbonyl (C=O) groups is 1. The molecule has 3 rings (SSSR count). The number of benzene rings is 2. The van der Waals surface area contributed by atoms with Gasteiger partial charge in [-0.25, -0.2) is 0 Å². The normalized spacial score (nSPS) is 10.5. The largest absolute Gasteiger partial charge is 0.469 e. The van der Waals surface area contributed by atoms with Crippen LogP contribution in [0, 0.1) is 0 Å². The van der Waals surface area contributed by atoms with Crippen LogP contribution in [0.5, 0.6) is 0 Å². The average molecular weight is 335 g/mol. The summed E-state index contributed by atoms with van der Waals surface area (Å²) in [6.07, 6.45) is 0.148. The maximum atomic E-state index is 11.6. The number of ether oxygens (including phenoxy) is 1. The number of nitrogens with one attached hydrogen (secondary N) is 1. The standard InChI is InChI=1S/C20H21N3O2/c1-23(2)16-10-8-14(9-11-16)21-19-12-15(13-20(24)25-3)22-18-7-5-4-6-17(18)19/h4-12H,13H2,1-3H3,(H,21,22). The summed E-state index contributed by atoms with van der Waals surface area (Å²) >= 11 is 0. The molecule has 0 unspecified atom stereocenters. The molecular formula is C20H21N3O2. The number of hydrogen-bond donors (Lipinski definition) is 1. The molecule has 0 aliphatic heterocycles. The highest BCUT2D eigenvalue weighted by Crippen LogP contribution is 2.27. The van der Waals surface area contributed by atoms with Crippen molar-refractivity contribution in [3.63, 3.8) is 0 Å². The predicted molar refractivity (Wildman–Crippen MR) is 102 cm³/mol. The highest BCUT2D eigenvalue weighted by atomic mass is 16.5. The molecule has 3 aromatic rings. The van der Waals surface area contributed by atoms with Gasteiger partial charge < -0.3 is 15.0 Å². The molecule has 128 valence electrons. The van der Waals surface area contributed by atoms with E-state index in [-0.39, 0.29) is 12.4 Å². The Hall–Kier alpha value is -3.08. The van der Waals surface area contributed by atoms with Crippen molar-refractivity contribution in [1.29, 1.82) is 0 Å². The second-order valence-electron chi connectivity index (χ2n) is 6.00. The zero-order valence-electron chi connectivity index (χ0n) is 14.6. The smallest absolute Gasteiger partial charge is 0.311 e. The van der Waals surface area contributed by atoms with Gasteiger partial charge in [0.25, 0.3) is 0 Å². The van der Waals surface area contributed by atoms with Gasteiger partial charge in [-0.2, -0.15) is 0 Å². The molecule has 0 bridgehead atoms. The van der Waals surface area contributed by atoms with E-state index in [1.54, 1.807) is 0 Å². The maximum absolute atomic E-state index is 11.6. The quantitative estimate of drug-likeness (QED) is 0.720. The Kier molecular flexibility index (Phi) is 4.84. The molecule has 0 saturated heterocycles. The van der Waals surface area contributed by atoms with Gasteiger partial charge in [0, 0.05) is 36.5 Å². The number of rotatable bonds is 5. The second kappa shape index (κ2) is 7.21. The van der Waals surface area contributed by atoms with E-state index in [9.17, 15) is 4.79 Å². The van der Waals surface area contributed by atoms with Gasteiger partial charge in [0.15, 0.2) is 0 Å². The van der Waals surface area contributed by atoms with Gasteiger partial charge in [-0.1, -0.05) is 18.2 Å². The third kappa shape index (κ3) is 3.88. The minimum Gasteiger partial charge on any atom is -0.469 e. The van der Waals surface area contributed by atoms with Crippen molar-refractivity contribution in [2.45, 2.75) is 6.42 Å². The van der Waals surface area contributed by atoms with Crippen molar-refractivity contribution >= 4 is 33.9 Å². The Bertz CT molecular complexity index is 889. The number of hydrogen-bond acceptors (Lipinski definition) is 5. The van der Waals surface area contributed by atoms with Crippen LogP contribution < -0.4 is 10.2 Å². The number of methoxy groups -OCH3 is 1. The number of fused-ring (bicyclic) bond motifs is 1. The van der Waals surface area contributed by atoms with Gasteiger partial charge in [0.05, 0.1) is 24.7 Å². The third-order valence-electron chi connectivity index (χ3n) is 3.99. The molecule has 0 aliphatic rings. The minimum atomic E-state index is -0.302. The highest BCUT2D eigenvalue weighted by molar-refractivity contribution is 5.93. The minimum absolute atomic E-state index is 0.148. The van der Waals surface area contributed by atoms with Crippen LogP contribution in [0.4, 0.5) is 17.1 Å². The molecule has 0 amide bonds. The molecule has 5 nitrogen and oxygen atoms in total. The molecule has 5 heteroatoms. The van der Waals surface area contributed by atoms with Crippen molar-refractivity contribution in [2.75, 3.05) is 31.4 Å². The van der Waals surface area contributed by atoms with Crippen LogP contribution in [0.1, 0.15) is 5.69 Å². The van der Waals surface area contributed by atoms with Crippen LogP contribution >= 0.6 is 0 Å². The molecule has 0 radical (unpaired) electrons. The van der Waals surface area contributed by atoms with Crippen molar-refractivity contribution in [3.05, 3.63) is 60.3 Å². The van der Waals surface area contributed by atoms with Crippen molar-refractivity contribution in [1.82, 2.24) is 4.98 Å². The molecule has 0 saturated carbocycles. The second-order valence-corrected chi connectivity index (χ2v) is 6.00. The summed E-state index contributed by atoms with van der Waals surface area (Å²) in [5, 5.41) is 4.44. The molecule has 1 heterocycles. The van der Waals surface area contributed by atoms with E-state index < -0.39 is 0 Å². The third-order valence-corrected chi connectivity index (χ3v) is 3.99. The Labute approximate surface area is 147 Å². The van der Waals surface area contributed by atoms with Crippen LogP contribution in [0.2, 0.25) is 0 Å². The molecule has 1 aromatic heterocycles. The van der Waals surface area contributed by atoms with Crippen LogP contribution in [-0.2, 0) is 16.0 Å². The summed E-state index contributed by atoms with van der Waals surface area (Å²) in [5.74, 6) is -0.302. The summed E-state index contributed by atoms with van der Waals surface area (Å²) < 4.78 is 4.76. The zero-order chi connectivity index (χ0) is 17.8. The lowest BCUT2D eigenvalue weighted by Crippen LogP contribution is -2.08. The maximum Gasteiger partial charge on any atom is 0.311 e. The lowest BCUT2D eigenvalue weighted by Gasteiger charge is -2.15. The first kappa shape index (κ1) is 16.8. The van der Waals surface area contributed by atoms with Gasteiger partial charge in [-0.3, -0.25) is 9.78 Å². The molecule has 0 spiro atoms. The first-order valence-corrected chi connectivity index (χ1v) is 8.06. The van der Waals surface area contributed by atoms with Crippen molar-refractivity contribution in [3.8, 4) is 0 Å². The summed E-state index contributed by atoms with van der Waals surface area (Å²) in [6, 6.07) is 17.9. The highest BCUT2D eigenvalue weighted by Gasteiger charge is 2.10. The number of para-hydroxylation sites is 1. The fraction of sp³-hybridized carbons (Fsp3) is 0.200. The number of esters is 1. The molecule has 0 atom stereocenters. The Morgan fingerprint density at radius 1 is 1.12 bits per heavy atom. The molecule has 1 N–H and O–H groups in total. The Balaban J connectivity index is 1.97. The van der Waals surface area contributed by atoms with Gasteiger partial charge >= 0.3 is 5.97 Å². The predicted octanol–water partition coefficient (Wildman–Crippen LogP) is 3.76. The fourth-order valence-electron chi connectivity index (χ4n) is 2.64. The fourth-order valence-corrected chi connectivity index (χ4v) is 2.64. The van der Waals surface area contributed by atoms with Crippen LogP contribution in [0.3, 0.4) is 0 Å². The Morgan fingerprint density at radius 2 is 1.84 bits per heavy atom. The first-order chi connectivity index (χ1) is 12.1. The van der Waals surface area contributed by atoms with Crippen molar-refractivity contribution in [2.24, 2.45) is 0 Å². The van der Waals surface area contributed by atoms with E-state index in [2.05, 4.69) is 27.3 Å². The number of carbonyl (C=O) groups excluding carboxylic acids is 1. The summed E-state index contributed by atoms with van der Waals surface area (Å²) in [4.78, 5) is 18.2. The van der Waals surface area contributed by atoms with E-state index in [1.165, 1.54) is 7.11 Å². The lowest BCUT2D eigenvalue weighted by atomic mass is 10.1. The Morgan fingerprint density at radius 3 is 2.52 bits per heavy atom. The monoisotopic (exact) mass is 335 g/mol. The summed E-state index contributed by atoms with van der Waals surface area (Å²) in [7, 11) is 5.41. The van der Waals surface area contributed by atoms with E-state index >= 15 is 0 Å². The molecule has 25 heavy (non-hydrogen) atoms. The first-order valence-electron chi connectivity index (χ1n) is 8.06. The van der Waals surface area contributed by atoms with Gasteiger partial charge in [-0.05, 0) is 36.4 Å². The van der Waals surface area contributed by atoms with Crippen LogP contribution in [0.15, 0.2) is 54.6 Å². The van der Waals surface area contributed by atoms with E-state index in [0.29, 0.717) is 5.69 Å². The van der Waals surface area contributed by atoms with Gasteiger partial charge in [0.1, 0.15) is 0 Å². The average Bonchev–Trinajstić information content (AvgIpc) is 2.62. The van der Waals surface area contributed by atoms with Gasteiger partial charge in [0.2, 0.25) is 0 Å². The number of anilines is 3. The molecular weight excluding hydrogens is 314 g/mol. The van der Waals surface area contributed by atoms with Crippen LogP contribution in [-0.4, -0.2) is 32.2 Å². The van der Waals surface area contributed by atoms with E-state index in [4.69, 9.17) is 4.74 Å². The molecule has 0 aliphatic carbocycles. The summed E-state index contributed by atoms with van der Waals surface area (Å²) in [6.45, 7) is 0. The molecule has 0 fully saturated rings. The SMILES string of the molecule is COC(=O)Cc1cc(Nc2ccc(N(C)C)cc2)c2ccccc2n1.